The Balaban J connectivity index is 1.20. The first-order valence-corrected chi connectivity index (χ1v) is 15.3. The van der Waals surface area contributed by atoms with Gasteiger partial charge in [0.15, 0.2) is 5.65 Å². The minimum atomic E-state index is -1.14. The molecule has 204 valence electrons. The van der Waals surface area contributed by atoms with Crippen molar-refractivity contribution >= 4 is 51.5 Å². The van der Waals surface area contributed by atoms with Gasteiger partial charge in [-0.15, -0.1) is 4.72 Å². The summed E-state index contributed by atoms with van der Waals surface area (Å²) in [6.07, 6.45) is 6.88. The zero-order valence-electron chi connectivity index (χ0n) is 22.5. The zero-order chi connectivity index (χ0) is 27.4. The number of halogens is 2. The summed E-state index contributed by atoms with van der Waals surface area (Å²) in [5.74, 6) is 0.897. The Bertz CT molecular complexity index is 1510. The van der Waals surface area contributed by atoms with Crippen molar-refractivity contribution in [1.29, 1.82) is 0 Å². The zero-order valence-corrected chi connectivity index (χ0v) is 24.8. The number of hydrogen-bond acceptors (Lipinski definition) is 5. The number of piperidine rings is 1. The second-order valence-corrected chi connectivity index (χ2v) is 14.5. The van der Waals surface area contributed by atoms with Crippen LogP contribution in [0.5, 0.6) is 0 Å². The van der Waals surface area contributed by atoms with Gasteiger partial charge in [0.05, 0.1) is 28.8 Å². The lowest BCUT2D eigenvalue weighted by molar-refractivity contribution is 0.176. The van der Waals surface area contributed by atoms with E-state index in [1.807, 2.05) is 51.4 Å². The normalized spacial score (nSPS) is 19.5. The minimum absolute atomic E-state index is 0.0399. The molecule has 1 aliphatic heterocycles. The summed E-state index contributed by atoms with van der Waals surface area (Å²) in [7, 11) is 0. The van der Waals surface area contributed by atoms with Crippen LogP contribution in [0.4, 0.5) is 5.82 Å². The van der Waals surface area contributed by atoms with Crippen molar-refractivity contribution in [3.05, 3.63) is 87.7 Å². The first-order chi connectivity index (χ1) is 18.6. The van der Waals surface area contributed by atoms with Gasteiger partial charge < -0.3 is 14.0 Å². The Morgan fingerprint density at radius 1 is 1.08 bits per heavy atom. The molecule has 4 aromatic rings. The molecule has 2 aromatic carbocycles. The van der Waals surface area contributed by atoms with Gasteiger partial charge in [-0.3, -0.25) is 0 Å². The lowest BCUT2D eigenvalue weighted by Crippen LogP contribution is -2.49. The Morgan fingerprint density at radius 3 is 2.62 bits per heavy atom. The van der Waals surface area contributed by atoms with Gasteiger partial charge in [-0.1, -0.05) is 59.6 Å². The summed E-state index contributed by atoms with van der Waals surface area (Å²) in [4.78, 5) is 12.1. The molecule has 0 saturated carbocycles. The second-order valence-electron chi connectivity index (χ2n) is 11.8. The Kier molecular flexibility index (Phi) is 7.09. The molecule has 9 heteroatoms. The monoisotopic (exact) mass is 581 g/mol. The van der Waals surface area contributed by atoms with Crippen molar-refractivity contribution in [3.8, 4) is 0 Å². The molecular formula is C30H33Cl2N5OS. The van der Waals surface area contributed by atoms with E-state index in [2.05, 4.69) is 38.5 Å². The quantitative estimate of drug-likeness (QED) is 0.265. The molecule has 2 aliphatic rings. The third-order valence-electron chi connectivity index (χ3n) is 8.21. The van der Waals surface area contributed by atoms with E-state index < -0.39 is 11.4 Å². The average Bonchev–Trinajstić information content (AvgIpc) is 3.45. The van der Waals surface area contributed by atoms with Gasteiger partial charge >= 0.3 is 0 Å². The first-order valence-electron chi connectivity index (χ1n) is 13.4. The van der Waals surface area contributed by atoms with Gasteiger partial charge in [-0.2, -0.15) is 0 Å². The van der Waals surface area contributed by atoms with Crippen molar-refractivity contribution in [3.63, 3.8) is 0 Å². The molecule has 0 bridgehead atoms. The maximum atomic E-state index is 13.2. The summed E-state index contributed by atoms with van der Waals surface area (Å²) >= 11 is 11.5. The van der Waals surface area contributed by atoms with Crippen LogP contribution in [0.2, 0.25) is 10.0 Å². The predicted molar refractivity (Wildman–Crippen MR) is 161 cm³/mol. The number of rotatable bonds is 5. The molecule has 1 N–H and O–H groups in total. The van der Waals surface area contributed by atoms with Crippen molar-refractivity contribution in [2.24, 2.45) is 5.41 Å². The topological polar surface area (TPSA) is 69.0 Å². The Morgan fingerprint density at radius 2 is 1.85 bits per heavy atom. The molecule has 1 fully saturated rings. The summed E-state index contributed by atoms with van der Waals surface area (Å²) in [6, 6.07) is 16.4. The van der Waals surface area contributed by atoms with Crippen LogP contribution in [0.25, 0.3) is 11.2 Å². The Hall–Kier alpha value is -2.29. The highest BCUT2D eigenvalue weighted by Crippen LogP contribution is 2.52. The third kappa shape index (κ3) is 5.04. The van der Waals surface area contributed by atoms with Gasteiger partial charge in [0, 0.05) is 36.1 Å². The van der Waals surface area contributed by atoms with Crippen LogP contribution in [0.3, 0.4) is 0 Å². The van der Waals surface area contributed by atoms with Crippen LogP contribution >= 0.6 is 23.2 Å². The fourth-order valence-electron chi connectivity index (χ4n) is 5.99. The van der Waals surface area contributed by atoms with Crippen molar-refractivity contribution in [1.82, 2.24) is 19.3 Å². The lowest BCUT2D eigenvalue weighted by atomic mass is 9.73. The molecule has 1 unspecified atom stereocenters. The van der Waals surface area contributed by atoms with E-state index in [0.29, 0.717) is 16.6 Å². The molecule has 39 heavy (non-hydrogen) atoms. The van der Waals surface area contributed by atoms with Crippen molar-refractivity contribution in [2.45, 2.75) is 57.4 Å². The van der Waals surface area contributed by atoms with Crippen LogP contribution in [-0.4, -0.2) is 36.9 Å². The van der Waals surface area contributed by atoms with E-state index in [1.54, 1.807) is 6.07 Å². The summed E-state index contributed by atoms with van der Waals surface area (Å²) in [5, 5.41) is 1.12. The molecule has 1 saturated heterocycles. The maximum absolute atomic E-state index is 13.2. The van der Waals surface area contributed by atoms with Crippen LogP contribution in [-0.2, 0) is 24.3 Å². The lowest BCUT2D eigenvalue weighted by Gasteiger charge is -2.44. The molecule has 0 amide bonds. The van der Waals surface area contributed by atoms with Gasteiger partial charge in [0.25, 0.3) is 0 Å². The molecule has 1 aliphatic carbocycles. The van der Waals surface area contributed by atoms with E-state index in [4.69, 9.17) is 33.2 Å². The predicted octanol–water partition coefficient (Wildman–Crippen LogP) is 6.72. The highest BCUT2D eigenvalue weighted by molar-refractivity contribution is 7.90. The highest BCUT2D eigenvalue weighted by Gasteiger charge is 2.50. The van der Waals surface area contributed by atoms with E-state index >= 15 is 0 Å². The second kappa shape index (κ2) is 10.3. The first kappa shape index (κ1) is 26.9. The van der Waals surface area contributed by atoms with Crippen LogP contribution in [0.15, 0.2) is 60.9 Å². The van der Waals surface area contributed by atoms with Crippen LogP contribution < -0.4 is 9.62 Å². The van der Waals surface area contributed by atoms with Gasteiger partial charge in [-0.25, -0.2) is 9.97 Å². The summed E-state index contributed by atoms with van der Waals surface area (Å²) in [5.41, 5.74) is 5.34. The highest BCUT2D eigenvalue weighted by atomic mass is 35.5. The number of anilines is 1. The van der Waals surface area contributed by atoms with Crippen LogP contribution in [0.1, 0.15) is 56.3 Å². The fraction of sp³-hybridized carbons (Fsp3) is 0.400. The number of benzene rings is 2. The minimum Gasteiger partial charge on any atom is -0.598 e. The maximum Gasteiger partial charge on any atom is 0.159 e. The summed E-state index contributed by atoms with van der Waals surface area (Å²) in [6.45, 7) is 8.42. The summed E-state index contributed by atoms with van der Waals surface area (Å²) < 4.78 is 18.5. The van der Waals surface area contributed by atoms with Gasteiger partial charge in [0.2, 0.25) is 0 Å². The largest absolute Gasteiger partial charge is 0.598 e. The number of nitrogens with zero attached hydrogens (tertiary/aromatic N) is 4. The van der Waals surface area contributed by atoms with Crippen molar-refractivity contribution in [2.75, 3.05) is 18.0 Å². The van der Waals surface area contributed by atoms with Crippen molar-refractivity contribution < 1.29 is 4.55 Å². The van der Waals surface area contributed by atoms with Gasteiger partial charge in [0.1, 0.15) is 16.1 Å². The van der Waals surface area contributed by atoms with Crippen LogP contribution in [0, 0.1) is 5.41 Å². The SMILES string of the molecule is CC(C)(C)[S+]([O-])N[C@@H]1c2ccccc2CC12CCN(c1cnc3c(ccn3Cc3cccc(Cl)c3Cl)n1)CC2. The van der Waals surface area contributed by atoms with E-state index in [9.17, 15) is 4.55 Å². The number of aromatic nitrogens is 3. The smallest absolute Gasteiger partial charge is 0.159 e. The van der Waals surface area contributed by atoms with E-state index in [1.165, 1.54) is 11.1 Å². The molecule has 6 nitrogen and oxygen atoms in total. The Labute approximate surface area is 243 Å². The van der Waals surface area contributed by atoms with E-state index in [-0.39, 0.29) is 16.2 Å². The molecule has 3 heterocycles. The molecule has 2 aromatic heterocycles. The molecule has 0 radical (unpaired) electrons. The number of hydrogen-bond donors (Lipinski definition) is 1. The number of fused-ring (bicyclic) bond motifs is 2. The van der Waals surface area contributed by atoms with Gasteiger partial charge in [-0.05, 0) is 68.9 Å². The average molecular weight is 583 g/mol. The molecule has 1 spiro atoms. The number of nitrogens with one attached hydrogen (secondary N) is 1. The third-order valence-corrected chi connectivity index (χ3v) is 10.6. The van der Waals surface area contributed by atoms with E-state index in [0.717, 1.165) is 54.9 Å². The molecule has 6 rings (SSSR count). The fourth-order valence-corrected chi connectivity index (χ4v) is 7.32. The standard InChI is InChI=1S/C30H33Cl2N5OS/c1-29(2,3)39(38)35-27-22-9-5-4-7-20(22)17-30(27)12-15-36(16-13-30)25-18-33-28-24(34-25)11-14-37(28)19-21-8-6-10-23(31)26(21)32/h4-11,14,18,27,35H,12-13,15-17,19H2,1-3H3/t27-,39?/m1/s1. The molecule has 2 atom stereocenters. The molecular weight excluding hydrogens is 549 g/mol.